The molecule has 4 rings (SSSR count). The van der Waals surface area contributed by atoms with Gasteiger partial charge in [0.05, 0.1) is 0 Å². The molecule has 0 aliphatic rings. The third-order valence-electron chi connectivity index (χ3n) is 5.39. The molecule has 4 aromatic rings. The third-order valence-corrected chi connectivity index (χ3v) is 6.05. The lowest BCUT2D eigenvalue weighted by molar-refractivity contribution is -0.121. The van der Waals surface area contributed by atoms with E-state index in [9.17, 15) is 4.79 Å². The first-order chi connectivity index (χ1) is 15.1. The van der Waals surface area contributed by atoms with Crippen molar-refractivity contribution in [2.45, 2.75) is 32.2 Å². The van der Waals surface area contributed by atoms with Crippen molar-refractivity contribution in [2.24, 2.45) is 0 Å². The summed E-state index contributed by atoms with van der Waals surface area (Å²) >= 11 is 11.8. The van der Waals surface area contributed by atoms with E-state index >= 15 is 0 Å². The van der Waals surface area contributed by atoms with E-state index in [0.717, 1.165) is 40.7 Å². The molecule has 0 bridgehead atoms. The minimum absolute atomic E-state index is 0.0961. The molecule has 0 saturated carbocycles. The molecule has 0 aliphatic carbocycles. The van der Waals surface area contributed by atoms with E-state index in [0.29, 0.717) is 16.3 Å². The first kappa shape index (κ1) is 21.3. The molecule has 1 atom stereocenters. The predicted octanol–water partition coefficient (Wildman–Crippen LogP) is 4.98. The summed E-state index contributed by atoms with van der Waals surface area (Å²) in [7, 11) is 0. The summed E-state index contributed by atoms with van der Waals surface area (Å²) in [5.74, 6) is 0.579. The van der Waals surface area contributed by atoms with Gasteiger partial charge in [0, 0.05) is 41.0 Å². The first-order valence-corrected chi connectivity index (χ1v) is 11.1. The van der Waals surface area contributed by atoms with Gasteiger partial charge in [-0.1, -0.05) is 54.9 Å². The second-order valence-corrected chi connectivity index (χ2v) is 8.24. The van der Waals surface area contributed by atoms with Crippen LogP contribution < -0.4 is 5.32 Å². The molecular weight excluding hydrogens is 430 g/mol. The highest BCUT2D eigenvalue weighted by Gasteiger charge is 2.21. The summed E-state index contributed by atoms with van der Waals surface area (Å²) in [6.45, 7) is 2.62. The van der Waals surface area contributed by atoms with Gasteiger partial charge in [0.15, 0.2) is 4.77 Å². The van der Waals surface area contributed by atoms with Gasteiger partial charge in [-0.25, -0.2) is 0 Å². The molecule has 0 aliphatic heterocycles. The first-order valence-electron chi connectivity index (χ1n) is 10.3. The minimum Gasteiger partial charge on any atom is -0.361 e. The van der Waals surface area contributed by atoms with Gasteiger partial charge in [0.2, 0.25) is 5.91 Å². The molecule has 0 fully saturated rings. The van der Waals surface area contributed by atoms with Gasteiger partial charge in [-0.2, -0.15) is 5.10 Å². The number of aromatic amines is 2. The normalized spacial score (nSPS) is 12.2. The molecule has 2 heterocycles. The highest BCUT2D eigenvalue weighted by Crippen LogP contribution is 2.34. The lowest BCUT2D eigenvalue weighted by atomic mass is 9.90. The average Bonchev–Trinajstić information content (AvgIpc) is 3.34. The Kier molecular flexibility index (Phi) is 6.53. The Labute approximate surface area is 190 Å². The minimum atomic E-state index is -0.119. The van der Waals surface area contributed by atoms with Crippen LogP contribution >= 0.6 is 23.8 Å². The van der Waals surface area contributed by atoms with E-state index in [1.54, 1.807) is 4.57 Å². The number of para-hydroxylation sites is 1. The molecular formula is C23H24ClN5OS. The van der Waals surface area contributed by atoms with Gasteiger partial charge in [0.1, 0.15) is 12.4 Å². The SMILES string of the molecule is CCCc1n[nH]c(=S)n1CC(=O)NCC(c1ccccc1Cl)c1c[nH]c2ccccc12. The molecule has 0 saturated heterocycles. The number of hydrogen-bond donors (Lipinski definition) is 3. The number of aryl methyl sites for hydroxylation is 1. The summed E-state index contributed by atoms with van der Waals surface area (Å²) in [6, 6.07) is 15.9. The van der Waals surface area contributed by atoms with Gasteiger partial charge < -0.3 is 10.3 Å². The zero-order valence-electron chi connectivity index (χ0n) is 17.2. The number of carbonyl (C=O) groups is 1. The van der Waals surface area contributed by atoms with Crippen LogP contribution in [0.15, 0.2) is 54.7 Å². The van der Waals surface area contributed by atoms with Crippen molar-refractivity contribution >= 4 is 40.6 Å². The predicted molar refractivity (Wildman–Crippen MR) is 126 cm³/mol. The van der Waals surface area contributed by atoms with Gasteiger partial charge in [-0.3, -0.25) is 14.5 Å². The van der Waals surface area contributed by atoms with Gasteiger partial charge in [-0.15, -0.1) is 0 Å². The van der Waals surface area contributed by atoms with Crippen molar-refractivity contribution in [3.05, 3.63) is 81.5 Å². The number of H-pyrrole nitrogens is 2. The largest absolute Gasteiger partial charge is 0.361 e. The monoisotopic (exact) mass is 453 g/mol. The number of hydrogen-bond acceptors (Lipinski definition) is 3. The maximum Gasteiger partial charge on any atom is 0.240 e. The fraction of sp³-hybridized carbons (Fsp3) is 0.261. The number of rotatable bonds is 8. The molecule has 0 spiro atoms. The number of aromatic nitrogens is 4. The number of benzene rings is 2. The second kappa shape index (κ2) is 9.49. The van der Waals surface area contributed by atoms with Gasteiger partial charge in [-0.05, 0) is 41.9 Å². The number of amides is 1. The van der Waals surface area contributed by atoms with Crippen molar-refractivity contribution in [3.63, 3.8) is 0 Å². The van der Waals surface area contributed by atoms with Crippen LogP contribution in [0.5, 0.6) is 0 Å². The molecule has 2 aromatic heterocycles. The lowest BCUT2D eigenvalue weighted by Gasteiger charge is -2.19. The molecule has 31 heavy (non-hydrogen) atoms. The van der Waals surface area contributed by atoms with E-state index in [2.05, 4.69) is 33.5 Å². The number of halogens is 1. The molecule has 1 unspecified atom stereocenters. The maximum absolute atomic E-state index is 12.8. The van der Waals surface area contributed by atoms with Crippen LogP contribution in [0.1, 0.15) is 36.2 Å². The van der Waals surface area contributed by atoms with Crippen LogP contribution in [0, 0.1) is 4.77 Å². The van der Waals surface area contributed by atoms with Crippen LogP contribution in [0.2, 0.25) is 5.02 Å². The summed E-state index contributed by atoms with van der Waals surface area (Å²) in [5.41, 5.74) is 3.12. The van der Waals surface area contributed by atoms with Crippen LogP contribution in [-0.4, -0.2) is 32.2 Å². The molecule has 160 valence electrons. The van der Waals surface area contributed by atoms with E-state index in [-0.39, 0.29) is 18.4 Å². The Morgan fingerprint density at radius 3 is 2.77 bits per heavy atom. The van der Waals surface area contributed by atoms with Crippen LogP contribution in [-0.2, 0) is 17.8 Å². The standard InChI is InChI=1S/C23H24ClN5OS/c1-2-7-21-27-28-23(31)29(21)14-22(30)26-13-17(15-8-3-5-10-19(15)24)18-12-25-20-11-6-4-9-16(18)20/h3-6,8-12,17,25H,2,7,13-14H2,1H3,(H,26,30)(H,28,31). The topological polar surface area (TPSA) is 78.5 Å². The van der Waals surface area contributed by atoms with Crippen molar-refractivity contribution in [2.75, 3.05) is 6.54 Å². The number of nitrogens with one attached hydrogen (secondary N) is 3. The molecule has 3 N–H and O–H groups in total. The third kappa shape index (κ3) is 4.57. The van der Waals surface area contributed by atoms with E-state index < -0.39 is 0 Å². The van der Waals surface area contributed by atoms with Crippen LogP contribution in [0.25, 0.3) is 10.9 Å². The zero-order valence-corrected chi connectivity index (χ0v) is 18.8. The van der Waals surface area contributed by atoms with E-state index in [4.69, 9.17) is 23.8 Å². The Balaban J connectivity index is 1.59. The summed E-state index contributed by atoms with van der Waals surface area (Å²) < 4.78 is 2.21. The van der Waals surface area contributed by atoms with Crippen molar-refractivity contribution in [1.82, 2.24) is 25.1 Å². The molecule has 0 radical (unpaired) electrons. The van der Waals surface area contributed by atoms with Crippen molar-refractivity contribution in [1.29, 1.82) is 0 Å². The Morgan fingerprint density at radius 2 is 1.97 bits per heavy atom. The maximum atomic E-state index is 12.8. The van der Waals surface area contributed by atoms with E-state index in [1.807, 2.05) is 48.7 Å². The van der Waals surface area contributed by atoms with Crippen LogP contribution in [0.3, 0.4) is 0 Å². The Bertz CT molecular complexity index is 1260. The highest BCUT2D eigenvalue weighted by atomic mass is 35.5. The van der Waals surface area contributed by atoms with Crippen molar-refractivity contribution < 1.29 is 4.79 Å². The van der Waals surface area contributed by atoms with Gasteiger partial charge >= 0.3 is 0 Å². The average molecular weight is 454 g/mol. The second-order valence-electron chi connectivity index (χ2n) is 7.45. The van der Waals surface area contributed by atoms with Crippen molar-refractivity contribution in [3.8, 4) is 0 Å². The van der Waals surface area contributed by atoms with E-state index in [1.165, 1.54) is 0 Å². The van der Waals surface area contributed by atoms with Gasteiger partial charge in [0.25, 0.3) is 0 Å². The Hall–Kier alpha value is -2.90. The quantitative estimate of drug-likeness (QED) is 0.329. The Morgan fingerprint density at radius 1 is 1.19 bits per heavy atom. The summed E-state index contributed by atoms with van der Waals surface area (Å²) in [5, 5.41) is 11.9. The molecule has 8 heteroatoms. The zero-order chi connectivity index (χ0) is 21.8. The summed E-state index contributed by atoms with van der Waals surface area (Å²) in [4.78, 5) is 16.1. The molecule has 6 nitrogen and oxygen atoms in total. The molecule has 1 amide bonds. The molecule has 2 aromatic carbocycles. The summed E-state index contributed by atoms with van der Waals surface area (Å²) in [6.07, 6.45) is 3.69. The number of carbonyl (C=O) groups excluding carboxylic acids is 1. The highest BCUT2D eigenvalue weighted by molar-refractivity contribution is 7.71. The lowest BCUT2D eigenvalue weighted by Crippen LogP contribution is -2.32. The fourth-order valence-corrected chi connectivity index (χ4v) is 4.35. The number of nitrogens with zero attached hydrogens (tertiary/aromatic N) is 2. The fourth-order valence-electron chi connectivity index (χ4n) is 3.87. The smallest absolute Gasteiger partial charge is 0.240 e. The van der Waals surface area contributed by atoms with Crippen LogP contribution in [0.4, 0.5) is 0 Å². The number of fused-ring (bicyclic) bond motifs is 1.